The predicted molar refractivity (Wildman–Crippen MR) is 89.5 cm³/mol. The van der Waals surface area contributed by atoms with E-state index in [0.717, 1.165) is 27.7 Å². The van der Waals surface area contributed by atoms with Gasteiger partial charge < -0.3 is 13.4 Å². The van der Waals surface area contributed by atoms with Crippen LogP contribution in [-0.2, 0) is 6.54 Å². The molecule has 3 aromatic heterocycles. The Balaban J connectivity index is 1.84. The van der Waals surface area contributed by atoms with Gasteiger partial charge in [0.25, 0.3) is 0 Å². The molecule has 1 aromatic carbocycles. The average molecular weight is 322 g/mol. The van der Waals surface area contributed by atoms with E-state index in [1.165, 1.54) is 0 Å². The van der Waals surface area contributed by atoms with E-state index in [-0.39, 0.29) is 0 Å². The van der Waals surface area contributed by atoms with Crippen LogP contribution in [0.2, 0.25) is 0 Å². The molecular formula is C18H14N2O2S. The Kier molecular flexibility index (Phi) is 3.70. The lowest BCUT2D eigenvalue weighted by Gasteiger charge is -2.05. The zero-order chi connectivity index (χ0) is 15.5. The number of furan rings is 2. The van der Waals surface area contributed by atoms with Crippen molar-refractivity contribution in [3.05, 3.63) is 83.1 Å². The molecule has 0 aliphatic rings. The van der Waals surface area contributed by atoms with Gasteiger partial charge in [-0.15, -0.1) is 11.3 Å². The number of benzene rings is 1. The van der Waals surface area contributed by atoms with Gasteiger partial charge in [0, 0.05) is 5.38 Å². The second-order valence-electron chi connectivity index (χ2n) is 4.99. The standard InChI is InChI=1S/C18H14N2O2S/c1-2-6-14(7-3-1)19-18-20(12-15-8-4-10-21-15)16(13-23-18)17-9-5-11-22-17/h1-11,13H,12H2. The van der Waals surface area contributed by atoms with Crippen LogP contribution in [0.3, 0.4) is 0 Å². The van der Waals surface area contributed by atoms with Crippen molar-refractivity contribution in [3.63, 3.8) is 0 Å². The van der Waals surface area contributed by atoms with Crippen molar-refractivity contribution >= 4 is 17.0 Å². The summed E-state index contributed by atoms with van der Waals surface area (Å²) in [6, 6.07) is 17.6. The van der Waals surface area contributed by atoms with E-state index in [9.17, 15) is 0 Å². The fourth-order valence-electron chi connectivity index (χ4n) is 2.37. The molecule has 0 radical (unpaired) electrons. The van der Waals surface area contributed by atoms with Crippen LogP contribution in [0.4, 0.5) is 5.69 Å². The highest BCUT2D eigenvalue weighted by Gasteiger charge is 2.12. The van der Waals surface area contributed by atoms with Crippen LogP contribution in [0.1, 0.15) is 5.76 Å². The molecule has 0 saturated heterocycles. The van der Waals surface area contributed by atoms with Crippen LogP contribution in [-0.4, -0.2) is 4.57 Å². The number of rotatable bonds is 4. The molecular weight excluding hydrogens is 308 g/mol. The van der Waals surface area contributed by atoms with Crippen LogP contribution in [0.5, 0.6) is 0 Å². The molecule has 0 aliphatic heterocycles. The normalized spacial score (nSPS) is 11.9. The molecule has 23 heavy (non-hydrogen) atoms. The highest BCUT2D eigenvalue weighted by molar-refractivity contribution is 7.07. The van der Waals surface area contributed by atoms with E-state index in [1.54, 1.807) is 23.9 Å². The Morgan fingerprint density at radius 1 is 0.913 bits per heavy atom. The zero-order valence-corrected chi connectivity index (χ0v) is 13.1. The number of aromatic nitrogens is 1. The van der Waals surface area contributed by atoms with Gasteiger partial charge in [0.1, 0.15) is 5.76 Å². The number of thiazole rings is 1. The zero-order valence-electron chi connectivity index (χ0n) is 12.3. The molecule has 0 unspecified atom stereocenters. The quantitative estimate of drug-likeness (QED) is 0.547. The third kappa shape index (κ3) is 2.91. The average Bonchev–Trinajstić information content (AvgIpc) is 3.32. The van der Waals surface area contributed by atoms with Gasteiger partial charge in [-0.3, -0.25) is 0 Å². The van der Waals surface area contributed by atoms with Crippen molar-refractivity contribution in [3.8, 4) is 11.5 Å². The molecule has 0 aliphatic carbocycles. The summed E-state index contributed by atoms with van der Waals surface area (Å²) in [7, 11) is 0. The molecule has 4 nitrogen and oxygen atoms in total. The molecule has 114 valence electrons. The third-order valence-corrected chi connectivity index (χ3v) is 4.31. The molecule has 0 bridgehead atoms. The van der Waals surface area contributed by atoms with E-state index in [1.807, 2.05) is 54.6 Å². The van der Waals surface area contributed by atoms with Gasteiger partial charge in [0.15, 0.2) is 10.6 Å². The summed E-state index contributed by atoms with van der Waals surface area (Å²) in [6.07, 6.45) is 3.36. The van der Waals surface area contributed by atoms with Crippen LogP contribution < -0.4 is 4.80 Å². The lowest BCUT2D eigenvalue weighted by molar-refractivity contribution is 0.489. The van der Waals surface area contributed by atoms with E-state index in [4.69, 9.17) is 13.8 Å². The summed E-state index contributed by atoms with van der Waals surface area (Å²) in [4.78, 5) is 5.65. The predicted octanol–water partition coefficient (Wildman–Crippen LogP) is 4.68. The summed E-state index contributed by atoms with van der Waals surface area (Å²) in [5, 5.41) is 2.06. The first-order valence-electron chi connectivity index (χ1n) is 7.24. The Labute approximate surface area is 137 Å². The van der Waals surface area contributed by atoms with Crippen molar-refractivity contribution in [1.82, 2.24) is 4.57 Å². The Bertz CT molecular complexity index is 933. The van der Waals surface area contributed by atoms with Crippen LogP contribution in [0, 0.1) is 0 Å². The van der Waals surface area contributed by atoms with E-state index in [0.29, 0.717) is 6.54 Å². The molecule has 0 fully saturated rings. The molecule has 0 N–H and O–H groups in total. The molecule has 5 heteroatoms. The minimum Gasteiger partial charge on any atom is -0.467 e. The Morgan fingerprint density at radius 2 is 1.74 bits per heavy atom. The second-order valence-corrected chi connectivity index (χ2v) is 5.83. The molecule has 0 saturated carbocycles. The van der Waals surface area contributed by atoms with Crippen molar-refractivity contribution in [1.29, 1.82) is 0 Å². The smallest absolute Gasteiger partial charge is 0.190 e. The fraction of sp³-hybridized carbons (Fsp3) is 0.0556. The first kappa shape index (κ1) is 13.8. The highest BCUT2D eigenvalue weighted by atomic mass is 32.1. The van der Waals surface area contributed by atoms with Gasteiger partial charge >= 0.3 is 0 Å². The highest BCUT2D eigenvalue weighted by Crippen LogP contribution is 2.22. The van der Waals surface area contributed by atoms with Gasteiger partial charge in [-0.1, -0.05) is 18.2 Å². The third-order valence-electron chi connectivity index (χ3n) is 3.45. The summed E-state index contributed by atoms with van der Waals surface area (Å²) < 4.78 is 13.2. The monoisotopic (exact) mass is 322 g/mol. The Hall–Kier alpha value is -2.79. The van der Waals surface area contributed by atoms with Crippen LogP contribution >= 0.6 is 11.3 Å². The summed E-state index contributed by atoms with van der Waals surface area (Å²) >= 11 is 1.59. The van der Waals surface area contributed by atoms with E-state index < -0.39 is 0 Å². The first-order valence-corrected chi connectivity index (χ1v) is 8.12. The number of nitrogens with zero attached hydrogens (tertiary/aromatic N) is 2. The van der Waals surface area contributed by atoms with Crippen molar-refractivity contribution in [2.75, 3.05) is 0 Å². The van der Waals surface area contributed by atoms with Gasteiger partial charge in [0.2, 0.25) is 0 Å². The van der Waals surface area contributed by atoms with Crippen molar-refractivity contribution in [2.24, 2.45) is 4.99 Å². The molecule has 0 spiro atoms. The fourth-order valence-corrected chi connectivity index (χ4v) is 3.27. The van der Waals surface area contributed by atoms with E-state index in [2.05, 4.69) is 9.95 Å². The van der Waals surface area contributed by atoms with E-state index >= 15 is 0 Å². The van der Waals surface area contributed by atoms with Gasteiger partial charge in [-0.2, -0.15) is 0 Å². The second kappa shape index (κ2) is 6.14. The molecule has 3 heterocycles. The van der Waals surface area contributed by atoms with Crippen molar-refractivity contribution in [2.45, 2.75) is 6.54 Å². The minimum atomic E-state index is 0.609. The SMILES string of the molecule is c1ccc(N=c2scc(-c3ccco3)n2Cc2ccco2)cc1. The molecule has 4 rings (SSSR count). The summed E-state index contributed by atoms with van der Waals surface area (Å²) in [5.41, 5.74) is 1.92. The lowest BCUT2D eigenvalue weighted by Crippen LogP contribution is -2.16. The number of hydrogen-bond acceptors (Lipinski definition) is 4. The first-order chi connectivity index (χ1) is 11.4. The van der Waals surface area contributed by atoms with Crippen LogP contribution in [0.15, 0.2) is 86.3 Å². The van der Waals surface area contributed by atoms with Crippen LogP contribution in [0.25, 0.3) is 11.5 Å². The minimum absolute atomic E-state index is 0.609. The molecule has 0 atom stereocenters. The summed E-state index contributed by atoms with van der Waals surface area (Å²) in [6.45, 7) is 0.609. The van der Waals surface area contributed by atoms with Gasteiger partial charge in [-0.25, -0.2) is 4.99 Å². The molecule has 4 aromatic rings. The Morgan fingerprint density at radius 3 is 2.48 bits per heavy atom. The van der Waals surface area contributed by atoms with Gasteiger partial charge in [-0.05, 0) is 36.4 Å². The van der Waals surface area contributed by atoms with Crippen molar-refractivity contribution < 1.29 is 8.83 Å². The van der Waals surface area contributed by atoms with Gasteiger partial charge in [0.05, 0.1) is 30.5 Å². The maximum atomic E-state index is 5.56. The number of para-hydroxylation sites is 1. The maximum absolute atomic E-state index is 5.56. The molecule has 0 amide bonds. The number of hydrogen-bond donors (Lipinski definition) is 0. The lowest BCUT2D eigenvalue weighted by atomic mass is 10.3. The maximum Gasteiger partial charge on any atom is 0.190 e. The topological polar surface area (TPSA) is 43.6 Å². The summed E-state index contributed by atoms with van der Waals surface area (Å²) in [5.74, 6) is 1.70. The largest absolute Gasteiger partial charge is 0.467 e.